The molecule has 1 amide bonds. The van der Waals surface area contributed by atoms with E-state index in [2.05, 4.69) is 16.0 Å². The summed E-state index contributed by atoms with van der Waals surface area (Å²) in [6.07, 6.45) is 7.44. The summed E-state index contributed by atoms with van der Waals surface area (Å²) in [7, 11) is 1.66. The van der Waals surface area contributed by atoms with Crippen molar-refractivity contribution in [2.24, 2.45) is 5.92 Å². The van der Waals surface area contributed by atoms with Crippen molar-refractivity contribution >= 4 is 16.9 Å². The van der Waals surface area contributed by atoms with Crippen molar-refractivity contribution in [2.75, 3.05) is 13.7 Å². The summed E-state index contributed by atoms with van der Waals surface area (Å²) in [5.74, 6) is 2.86. The topological polar surface area (TPSA) is 65.4 Å². The normalized spacial score (nSPS) is 15.3. The summed E-state index contributed by atoms with van der Waals surface area (Å²) < 4.78 is 13.4. The number of ether oxygens (including phenoxy) is 2. The Morgan fingerprint density at radius 1 is 1.09 bits per heavy atom. The number of nitrogens with zero attached hydrogens (tertiary/aromatic N) is 2. The van der Waals surface area contributed by atoms with E-state index in [-0.39, 0.29) is 17.9 Å². The maximum Gasteiger partial charge on any atom is 0.223 e. The molecule has 0 spiro atoms. The van der Waals surface area contributed by atoms with Gasteiger partial charge in [-0.1, -0.05) is 37.5 Å². The zero-order chi connectivity index (χ0) is 23.0. The second-order valence-electron chi connectivity index (χ2n) is 8.91. The smallest absolute Gasteiger partial charge is 0.223 e. The second-order valence-corrected chi connectivity index (χ2v) is 8.91. The van der Waals surface area contributed by atoms with Crippen LogP contribution in [0, 0.1) is 5.92 Å². The lowest BCUT2D eigenvalue weighted by molar-refractivity contribution is -0.126. The minimum atomic E-state index is -0.125. The Morgan fingerprint density at radius 2 is 1.88 bits per heavy atom. The standard InChI is InChI=1S/C27H35N3O3/c1-20(28-27(31)21-11-4-3-5-12-21)26-29-24-15-6-7-16-25(24)30(26)17-8-9-18-33-23-14-10-13-22(19-23)32-2/h6-7,10,13-16,19-21H,3-5,8-9,11-12,17-18H2,1-2H3,(H,28,31). The van der Waals surface area contributed by atoms with Crippen LogP contribution in [0.15, 0.2) is 48.5 Å². The van der Waals surface area contributed by atoms with Crippen LogP contribution < -0.4 is 14.8 Å². The number of para-hydroxylation sites is 2. The van der Waals surface area contributed by atoms with E-state index < -0.39 is 0 Å². The first-order valence-electron chi connectivity index (χ1n) is 12.2. The fraction of sp³-hybridized carbons (Fsp3) is 0.481. The summed E-state index contributed by atoms with van der Waals surface area (Å²) in [4.78, 5) is 17.7. The van der Waals surface area contributed by atoms with Crippen LogP contribution in [0.3, 0.4) is 0 Å². The van der Waals surface area contributed by atoms with Crippen LogP contribution in [0.1, 0.15) is 63.7 Å². The molecule has 1 N–H and O–H groups in total. The van der Waals surface area contributed by atoms with E-state index >= 15 is 0 Å². The van der Waals surface area contributed by atoms with Crippen molar-refractivity contribution in [2.45, 2.75) is 64.5 Å². The predicted molar refractivity (Wildman–Crippen MR) is 131 cm³/mol. The van der Waals surface area contributed by atoms with Crippen molar-refractivity contribution in [1.29, 1.82) is 0 Å². The molecule has 0 saturated heterocycles. The van der Waals surface area contributed by atoms with E-state index in [9.17, 15) is 4.79 Å². The molecule has 1 aliphatic rings. The summed E-state index contributed by atoms with van der Waals surface area (Å²) >= 11 is 0. The molecule has 4 rings (SSSR count). The van der Waals surface area contributed by atoms with E-state index in [0.717, 1.165) is 73.4 Å². The summed E-state index contributed by atoms with van der Waals surface area (Å²) in [5.41, 5.74) is 2.08. The number of amides is 1. The number of carbonyl (C=O) groups is 1. The highest BCUT2D eigenvalue weighted by molar-refractivity contribution is 5.80. The van der Waals surface area contributed by atoms with Gasteiger partial charge in [0.1, 0.15) is 17.3 Å². The molecular weight excluding hydrogens is 414 g/mol. The molecule has 3 aromatic rings. The van der Waals surface area contributed by atoms with Crippen LogP contribution in [-0.4, -0.2) is 29.2 Å². The van der Waals surface area contributed by atoms with Crippen molar-refractivity contribution < 1.29 is 14.3 Å². The van der Waals surface area contributed by atoms with E-state index in [1.165, 1.54) is 6.42 Å². The van der Waals surface area contributed by atoms with Gasteiger partial charge in [-0.15, -0.1) is 0 Å². The summed E-state index contributed by atoms with van der Waals surface area (Å²) in [6, 6.07) is 15.8. The highest BCUT2D eigenvalue weighted by Gasteiger charge is 2.24. The van der Waals surface area contributed by atoms with Gasteiger partial charge >= 0.3 is 0 Å². The van der Waals surface area contributed by atoms with Crippen LogP contribution in [0.5, 0.6) is 11.5 Å². The Hall–Kier alpha value is -3.02. The molecule has 1 saturated carbocycles. The van der Waals surface area contributed by atoms with Gasteiger partial charge < -0.3 is 19.4 Å². The number of unbranched alkanes of at least 4 members (excludes halogenated alkanes) is 1. The molecule has 0 radical (unpaired) electrons. The largest absolute Gasteiger partial charge is 0.497 e. The number of nitrogens with one attached hydrogen (secondary N) is 1. The van der Waals surface area contributed by atoms with Gasteiger partial charge in [0.2, 0.25) is 5.91 Å². The zero-order valence-electron chi connectivity index (χ0n) is 19.8. The van der Waals surface area contributed by atoms with Crippen LogP contribution >= 0.6 is 0 Å². The number of hydrogen-bond donors (Lipinski definition) is 1. The van der Waals surface area contributed by atoms with E-state index in [1.807, 2.05) is 49.4 Å². The number of hydrogen-bond acceptors (Lipinski definition) is 4. The van der Waals surface area contributed by atoms with Gasteiger partial charge in [0.05, 0.1) is 30.8 Å². The Morgan fingerprint density at radius 3 is 2.70 bits per heavy atom. The number of aryl methyl sites for hydroxylation is 1. The van der Waals surface area contributed by atoms with E-state index in [0.29, 0.717) is 6.61 Å². The van der Waals surface area contributed by atoms with Gasteiger partial charge in [-0.2, -0.15) is 0 Å². The molecule has 1 atom stereocenters. The molecule has 33 heavy (non-hydrogen) atoms. The average molecular weight is 450 g/mol. The number of imidazole rings is 1. The maximum absolute atomic E-state index is 12.8. The van der Waals surface area contributed by atoms with Crippen molar-refractivity contribution in [3.63, 3.8) is 0 Å². The van der Waals surface area contributed by atoms with E-state index in [4.69, 9.17) is 14.5 Å². The number of methoxy groups -OCH3 is 1. The van der Waals surface area contributed by atoms with Crippen LogP contribution in [0.4, 0.5) is 0 Å². The van der Waals surface area contributed by atoms with E-state index in [1.54, 1.807) is 7.11 Å². The molecular formula is C27H35N3O3. The monoisotopic (exact) mass is 449 g/mol. The lowest BCUT2D eigenvalue weighted by Crippen LogP contribution is -2.35. The van der Waals surface area contributed by atoms with Gasteiger partial charge in [-0.25, -0.2) is 4.98 Å². The third kappa shape index (κ3) is 5.86. The highest BCUT2D eigenvalue weighted by atomic mass is 16.5. The maximum atomic E-state index is 12.8. The number of carbonyl (C=O) groups excluding carboxylic acids is 1. The average Bonchev–Trinajstić information content (AvgIpc) is 3.23. The first-order chi connectivity index (χ1) is 16.2. The third-order valence-corrected chi connectivity index (χ3v) is 6.49. The van der Waals surface area contributed by atoms with Gasteiger partial charge in [0.25, 0.3) is 0 Å². The molecule has 1 aromatic heterocycles. The summed E-state index contributed by atoms with van der Waals surface area (Å²) in [6.45, 7) is 3.52. The molecule has 1 heterocycles. The molecule has 1 fully saturated rings. The van der Waals surface area contributed by atoms with Crippen molar-refractivity contribution in [3.05, 3.63) is 54.4 Å². The zero-order valence-corrected chi connectivity index (χ0v) is 19.8. The van der Waals surface area contributed by atoms with Crippen molar-refractivity contribution in [1.82, 2.24) is 14.9 Å². The summed E-state index contributed by atoms with van der Waals surface area (Å²) in [5, 5.41) is 3.24. The Bertz CT molecular complexity index is 1060. The quantitative estimate of drug-likeness (QED) is 0.406. The fourth-order valence-electron chi connectivity index (χ4n) is 4.67. The molecule has 6 nitrogen and oxygen atoms in total. The number of fused-ring (bicyclic) bond motifs is 1. The second kappa shape index (κ2) is 11.2. The number of benzene rings is 2. The molecule has 176 valence electrons. The lowest BCUT2D eigenvalue weighted by atomic mass is 9.88. The van der Waals surface area contributed by atoms with Gasteiger partial charge in [0.15, 0.2) is 0 Å². The minimum Gasteiger partial charge on any atom is -0.497 e. The van der Waals surface area contributed by atoms with Gasteiger partial charge in [-0.3, -0.25) is 4.79 Å². The molecule has 1 unspecified atom stereocenters. The highest BCUT2D eigenvalue weighted by Crippen LogP contribution is 2.26. The van der Waals surface area contributed by atoms with Crippen LogP contribution in [0.25, 0.3) is 11.0 Å². The molecule has 2 aromatic carbocycles. The van der Waals surface area contributed by atoms with Crippen LogP contribution in [-0.2, 0) is 11.3 Å². The first-order valence-corrected chi connectivity index (χ1v) is 12.2. The number of rotatable bonds is 10. The fourth-order valence-corrected chi connectivity index (χ4v) is 4.67. The first kappa shape index (κ1) is 23.1. The Labute approximate surface area is 196 Å². The van der Waals surface area contributed by atoms with Crippen LogP contribution in [0.2, 0.25) is 0 Å². The number of aromatic nitrogens is 2. The molecule has 0 bridgehead atoms. The van der Waals surface area contributed by atoms with Crippen molar-refractivity contribution in [3.8, 4) is 11.5 Å². The lowest BCUT2D eigenvalue weighted by Gasteiger charge is -2.23. The SMILES string of the molecule is COc1cccc(OCCCCn2c(C(C)NC(=O)C3CCCCC3)nc3ccccc32)c1. The third-order valence-electron chi connectivity index (χ3n) is 6.49. The Kier molecular flexibility index (Phi) is 7.87. The molecule has 1 aliphatic carbocycles. The Balaban J connectivity index is 1.37. The van der Waals surface area contributed by atoms with Gasteiger partial charge in [-0.05, 0) is 56.9 Å². The molecule has 6 heteroatoms. The minimum absolute atomic E-state index is 0.125. The van der Waals surface area contributed by atoms with Gasteiger partial charge in [0, 0.05) is 18.5 Å². The molecule has 0 aliphatic heterocycles. The predicted octanol–water partition coefficient (Wildman–Crippen LogP) is 5.66.